The van der Waals surface area contributed by atoms with Crippen LogP contribution in [0.4, 0.5) is 0 Å². The van der Waals surface area contributed by atoms with Gasteiger partial charge in [0, 0.05) is 29.0 Å². The van der Waals surface area contributed by atoms with E-state index in [1.807, 2.05) is 12.1 Å². The number of thiophene rings is 1. The normalized spacial score (nSPS) is 17.3. The molecule has 0 radical (unpaired) electrons. The Morgan fingerprint density at radius 2 is 2.28 bits per heavy atom. The quantitative estimate of drug-likeness (QED) is 0.834. The molecule has 1 aliphatic rings. The second kappa shape index (κ2) is 6.68. The lowest BCUT2D eigenvalue weighted by molar-refractivity contribution is -0.131. The van der Waals surface area contributed by atoms with Crippen molar-refractivity contribution in [3.8, 4) is 0 Å². The van der Waals surface area contributed by atoms with Crippen LogP contribution in [0.25, 0.3) is 6.08 Å². The molecule has 18 heavy (non-hydrogen) atoms. The molecule has 2 heterocycles. The highest BCUT2D eigenvalue weighted by Crippen LogP contribution is 2.21. The van der Waals surface area contributed by atoms with Crippen LogP contribution < -0.4 is 0 Å². The molecule has 0 aromatic carbocycles. The van der Waals surface area contributed by atoms with E-state index in [1.165, 1.54) is 0 Å². The highest BCUT2D eigenvalue weighted by molar-refractivity contribution is 7.12. The fourth-order valence-electron chi connectivity index (χ4n) is 1.76. The van der Waals surface area contributed by atoms with E-state index in [2.05, 4.69) is 0 Å². The average molecular weight is 268 g/mol. The van der Waals surface area contributed by atoms with E-state index < -0.39 is 5.97 Å². The zero-order chi connectivity index (χ0) is 12.8. The van der Waals surface area contributed by atoms with Gasteiger partial charge in [0.1, 0.15) is 0 Å². The lowest BCUT2D eigenvalue weighted by Crippen LogP contribution is -2.23. The fourth-order valence-corrected chi connectivity index (χ4v) is 2.60. The van der Waals surface area contributed by atoms with Crippen LogP contribution in [0.5, 0.6) is 0 Å². The summed E-state index contributed by atoms with van der Waals surface area (Å²) < 4.78 is 11.1. The van der Waals surface area contributed by atoms with Crippen molar-refractivity contribution in [2.75, 3.05) is 13.2 Å². The van der Waals surface area contributed by atoms with E-state index in [-0.39, 0.29) is 0 Å². The smallest absolute Gasteiger partial charge is 0.328 e. The van der Waals surface area contributed by atoms with Gasteiger partial charge >= 0.3 is 5.97 Å². The number of carboxylic acids is 1. The summed E-state index contributed by atoms with van der Waals surface area (Å²) in [4.78, 5) is 12.4. The van der Waals surface area contributed by atoms with Crippen LogP contribution in [0.1, 0.15) is 22.6 Å². The topological polar surface area (TPSA) is 55.8 Å². The first-order valence-corrected chi connectivity index (χ1v) is 6.75. The Morgan fingerprint density at radius 1 is 1.50 bits per heavy atom. The van der Waals surface area contributed by atoms with Crippen molar-refractivity contribution < 1.29 is 19.4 Å². The van der Waals surface area contributed by atoms with Crippen LogP contribution in [0, 0.1) is 0 Å². The van der Waals surface area contributed by atoms with E-state index in [0.717, 1.165) is 41.9 Å². The molecule has 1 N–H and O–H groups in total. The summed E-state index contributed by atoms with van der Waals surface area (Å²) in [6.45, 7) is 2.15. The highest BCUT2D eigenvalue weighted by Gasteiger charge is 2.14. The zero-order valence-corrected chi connectivity index (χ0v) is 10.8. The van der Waals surface area contributed by atoms with Crippen molar-refractivity contribution in [3.63, 3.8) is 0 Å². The number of ether oxygens (including phenoxy) is 2. The SMILES string of the molecule is O=C(O)C=Cc1ccc(COC2CCOCC2)s1. The number of aliphatic carboxylic acids is 1. The van der Waals surface area contributed by atoms with Crippen LogP contribution in [-0.4, -0.2) is 30.4 Å². The molecule has 0 saturated carbocycles. The molecule has 1 aliphatic heterocycles. The summed E-state index contributed by atoms with van der Waals surface area (Å²) in [5.41, 5.74) is 0. The highest BCUT2D eigenvalue weighted by atomic mass is 32.1. The predicted molar refractivity (Wildman–Crippen MR) is 69.6 cm³/mol. The Hall–Kier alpha value is -1.17. The Kier molecular flexibility index (Phi) is 4.92. The lowest BCUT2D eigenvalue weighted by Gasteiger charge is -2.21. The largest absolute Gasteiger partial charge is 0.478 e. The van der Waals surface area contributed by atoms with Gasteiger partial charge in [-0.15, -0.1) is 11.3 Å². The van der Waals surface area contributed by atoms with Crippen LogP contribution in [0.2, 0.25) is 0 Å². The van der Waals surface area contributed by atoms with Crippen molar-refractivity contribution in [2.24, 2.45) is 0 Å². The molecule has 0 spiro atoms. The van der Waals surface area contributed by atoms with Crippen LogP contribution in [0.3, 0.4) is 0 Å². The molecule has 1 aromatic rings. The lowest BCUT2D eigenvalue weighted by atomic mass is 10.1. The number of carboxylic acid groups (broad SMARTS) is 1. The van der Waals surface area contributed by atoms with Gasteiger partial charge in [-0.3, -0.25) is 0 Å². The standard InChI is InChI=1S/C13H16O4S/c14-13(15)4-3-11-1-2-12(18-11)9-17-10-5-7-16-8-6-10/h1-4,10H,5-9H2,(H,14,15). The second-order valence-electron chi connectivity index (χ2n) is 4.10. The van der Waals surface area contributed by atoms with Gasteiger partial charge in [-0.2, -0.15) is 0 Å². The summed E-state index contributed by atoms with van der Waals surface area (Å²) in [6.07, 6.45) is 4.95. The Labute approximate surface area is 110 Å². The number of rotatable bonds is 5. The average Bonchev–Trinajstić information content (AvgIpc) is 2.83. The zero-order valence-electron chi connectivity index (χ0n) is 10.0. The number of hydrogen-bond donors (Lipinski definition) is 1. The minimum absolute atomic E-state index is 0.291. The first-order valence-electron chi connectivity index (χ1n) is 5.93. The van der Waals surface area contributed by atoms with Gasteiger partial charge in [0.15, 0.2) is 0 Å². The van der Waals surface area contributed by atoms with Crippen molar-refractivity contribution in [1.82, 2.24) is 0 Å². The summed E-state index contributed by atoms with van der Waals surface area (Å²) >= 11 is 1.56. The molecule has 1 aromatic heterocycles. The maximum absolute atomic E-state index is 10.4. The monoisotopic (exact) mass is 268 g/mol. The maximum Gasteiger partial charge on any atom is 0.328 e. The van der Waals surface area contributed by atoms with Gasteiger partial charge in [0.2, 0.25) is 0 Å². The molecule has 5 heteroatoms. The van der Waals surface area contributed by atoms with Crippen LogP contribution >= 0.6 is 11.3 Å². The Bertz CT molecular complexity index is 418. The fraction of sp³-hybridized carbons (Fsp3) is 0.462. The second-order valence-corrected chi connectivity index (χ2v) is 5.30. The van der Waals surface area contributed by atoms with Gasteiger partial charge < -0.3 is 14.6 Å². The Morgan fingerprint density at radius 3 is 3.00 bits per heavy atom. The number of hydrogen-bond acceptors (Lipinski definition) is 4. The van der Waals surface area contributed by atoms with Crippen LogP contribution in [0.15, 0.2) is 18.2 Å². The van der Waals surface area contributed by atoms with Gasteiger partial charge in [-0.25, -0.2) is 4.79 Å². The molecule has 2 rings (SSSR count). The molecular weight excluding hydrogens is 252 g/mol. The molecule has 0 aliphatic carbocycles. The molecule has 1 fully saturated rings. The van der Waals surface area contributed by atoms with Gasteiger partial charge in [0.25, 0.3) is 0 Å². The van der Waals surface area contributed by atoms with Crippen molar-refractivity contribution in [2.45, 2.75) is 25.6 Å². The predicted octanol–water partition coefficient (Wildman–Crippen LogP) is 2.54. The molecule has 0 amide bonds. The minimum Gasteiger partial charge on any atom is -0.478 e. The molecule has 4 nitrogen and oxygen atoms in total. The first-order chi connectivity index (χ1) is 8.74. The van der Waals surface area contributed by atoms with Crippen molar-refractivity contribution in [1.29, 1.82) is 0 Å². The molecule has 0 unspecified atom stereocenters. The maximum atomic E-state index is 10.4. The molecule has 98 valence electrons. The first kappa shape index (κ1) is 13.3. The molecular formula is C13H16O4S. The van der Waals surface area contributed by atoms with E-state index in [4.69, 9.17) is 14.6 Å². The third kappa shape index (κ3) is 4.25. The van der Waals surface area contributed by atoms with Crippen molar-refractivity contribution in [3.05, 3.63) is 28.0 Å². The van der Waals surface area contributed by atoms with Crippen LogP contribution in [-0.2, 0) is 20.9 Å². The molecule has 0 atom stereocenters. The summed E-state index contributed by atoms with van der Waals surface area (Å²) in [5, 5.41) is 8.54. The van der Waals surface area contributed by atoms with Gasteiger partial charge in [-0.1, -0.05) is 0 Å². The number of carbonyl (C=O) groups is 1. The molecule has 1 saturated heterocycles. The summed E-state index contributed by atoms with van der Waals surface area (Å²) in [5.74, 6) is -0.927. The third-order valence-corrected chi connectivity index (χ3v) is 3.73. The summed E-state index contributed by atoms with van der Waals surface area (Å²) in [6, 6.07) is 3.89. The van der Waals surface area contributed by atoms with Gasteiger partial charge in [0.05, 0.1) is 12.7 Å². The van der Waals surface area contributed by atoms with E-state index in [9.17, 15) is 4.79 Å². The van der Waals surface area contributed by atoms with E-state index in [0.29, 0.717) is 12.7 Å². The Balaban J connectivity index is 1.80. The van der Waals surface area contributed by atoms with Crippen molar-refractivity contribution >= 4 is 23.4 Å². The minimum atomic E-state index is -0.927. The van der Waals surface area contributed by atoms with Gasteiger partial charge in [-0.05, 0) is 31.1 Å². The van der Waals surface area contributed by atoms with E-state index >= 15 is 0 Å². The van der Waals surface area contributed by atoms with E-state index in [1.54, 1.807) is 17.4 Å². The summed E-state index contributed by atoms with van der Waals surface area (Å²) in [7, 11) is 0. The molecule has 0 bridgehead atoms. The third-order valence-electron chi connectivity index (χ3n) is 2.70.